The Morgan fingerprint density at radius 3 is 2.49 bits per heavy atom. The van der Waals surface area contributed by atoms with Gasteiger partial charge in [0, 0.05) is 57.1 Å². The molecule has 0 spiro atoms. The fourth-order valence-electron chi connectivity index (χ4n) is 5.06. The van der Waals surface area contributed by atoms with Gasteiger partial charge in [-0.3, -0.25) is 24.2 Å². The Morgan fingerprint density at radius 1 is 1.02 bits per heavy atom. The van der Waals surface area contributed by atoms with Crippen molar-refractivity contribution in [1.29, 1.82) is 0 Å². The first-order valence-corrected chi connectivity index (χ1v) is 14.9. The number of anilines is 1. The highest BCUT2D eigenvalue weighted by Crippen LogP contribution is 2.33. The number of methoxy groups -OCH3 is 1. The molecule has 214 valence electrons. The summed E-state index contributed by atoms with van der Waals surface area (Å²) in [6.45, 7) is 4.54. The predicted octanol–water partition coefficient (Wildman–Crippen LogP) is 3.87. The Bertz CT molecular complexity index is 1560. The Labute approximate surface area is 239 Å². The molecule has 41 heavy (non-hydrogen) atoms. The van der Waals surface area contributed by atoms with Gasteiger partial charge in [0.15, 0.2) is 11.5 Å². The van der Waals surface area contributed by atoms with Gasteiger partial charge in [-0.15, -0.1) is 0 Å². The van der Waals surface area contributed by atoms with Gasteiger partial charge in [-0.1, -0.05) is 24.3 Å². The second kappa shape index (κ2) is 12.1. The second-order valence-corrected chi connectivity index (χ2v) is 11.8. The summed E-state index contributed by atoms with van der Waals surface area (Å²) < 4.78 is 39.5. The van der Waals surface area contributed by atoms with Crippen molar-refractivity contribution in [1.82, 2.24) is 14.8 Å². The first kappa shape index (κ1) is 28.3. The summed E-state index contributed by atoms with van der Waals surface area (Å²) in [4.78, 5) is 32.8. The van der Waals surface area contributed by atoms with E-state index in [1.54, 1.807) is 47.5 Å². The second-order valence-electron chi connectivity index (χ2n) is 9.98. The lowest BCUT2D eigenvalue weighted by atomic mass is 10.0. The van der Waals surface area contributed by atoms with Gasteiger partial charge in [-0.2, -0.15) is 0 Å². The van der Waals surface area contributed by atoms with E-state index in [-0.39, 0.29) is 5.91 Å². The van der Waals surface area contributed by atoms with E-state index in [1.165, 1.54) is 14.0 Å². The third kappa shape index (κ3) is 6.58. The number of carbonyl (C=O) groups is 2. The van der Waals surface area contributed by atoms with Crippen LogP contribution >= 0.6 is 0 Å². The number of nitrogens with zero attached hydrogens (tertiary/aromatic N) is 3. The quantitative estimate of drug-likeness (QED) is 0.317. The molecule has 1 N–H and O–H groups in total. The molecule has 1 atom stereocenters. The van der Waals surface area contributed by atoms with Gasteiger partial charge >= 0.3 is 5.97 Å². The van der Waals surface area contributed by atoms with Crippen molar-refractivity contribution in [2.24, 2.45) is 0 Å². The molecule has 0 saturated carbocycles. The molecule has 0 bridgehead atoms. The number of pyridine rings is 1. The summed E-state index contributed by atoms with van der Waals surface area (Å²) in [6, 6.07) is 15.6. The number of esters is 1. The average molecular weight is 577 g/mol. The maximum Gasteiger partial charge on any atom is 0.308 e. The molecule has 2 aliphatic rings. The number of ether oxygens (including phenoxy) is 2. The lowest BCUT2D eigenvalue weighted by molar-refractivity contribution is -0.132. The minimum absolute atomic E-state index is 0.0954. The number of benzene rings is 2. The van der Waals surface area contributed by atoms with Crippen LogP contribution in [0.2, 0.25) is 0 Å². The van der Waals surface area contributed by atoms with Gasteiger partial charge < -0.3 is 14.4 Å². The minimum Gasteiger partial charge on any atom is -0.493 e. The molecule has 1 amide bonds. The SMILES string of the molecule is COc1cc(CN2CCN(C(=O)c3ccc(NS(=O)(=O)C4CC=Cc5cccnc54)cc3)CC2)ccc1OC(C)=O. The van der Waals surface area contributed by atoms with Gasteiger partial charge in [0.05, 0.1) is 12.8 Å². The van der Waals surface area contributed by atoms with Gasteiger partial charge in [0.25, 0.3) is 5.91 Å². The first-order valence-electron chi connectivity index (χ1n) is 13.3. The highest BCUT2D eigenvalue weighted by atomic mass is 32.2. The van der Waals surface area contributed by atoms with Crippen LogP contribution in [0.25, 0.3) is 6.08 Å². The summed E-state index contributed by atoms with van der Waals surface area (Å²) in [5.74, 6) is 0.372. The molecule has 2 aromatic carbocycles. The van der Waals surface area contributed by atoms with Gasteiger partial charge in [-0.25, -0.2) is 8.42 Å². The van der Waals surface area contributed by atoms with Crippen LogP contribution in [0, 0.1) is 0 Å². The zero-order valence-electron chi connectivity index (χ0n) is 22.9. The molecule has 1 fully saturated rings. The third-order valence-corrected chi connectivity index (χ3v) is 8.82. The van der Waals surface area contributed by atoms with Crippen molar-refractivity contribution >= 4 is 33.7 Å². The molecule has 3 aromatic rings. The number of aromatic nitrogens is 1. The van der Waals surface area contributed by atoms with E-state index in [4.69, 9.17) is 9.47 Å². The largest absolute Gasteiger partial charge is 0.493 e. The Kier molecular flexibility index (Phi) is 8.36. The number of sulfonamides is 1. The van der Waals surface area contributed by atoms with Gasteiger partial charge in [0.2, 0.25) is 10.0 Å². The number of allylic oxidation sites excluding steroid dienone is 1. The molecule has 1 aliphatic heterocycles. The maximum atomic E-state index is 13.1. The van der Waals surface area contributed by atoms with Crippen LogP contribution in [0.15, 0.2) is 66.9 Å². The summed E-state index contributed by atoms with van der Waals surface area (Å²) >= 11 is 0. The lowest BCUT2D eigenvalue weighted by Crippen LogP contribution is -2.48. The molecular weight excluding hydrogens is 544 g/mol. The Balaban J connectivity index is 1.16. The predicted molar refractivity (Wildman–Crippen MR) is 155 cm³/mol. The van der Waals surface area contributed by atoms with Crippen LogP contribution in [0.3, 0.4) is 0 Å². The highest BCUT2D eigenvalue weighted by Gasteiger charge is 2.31. The normalized spacial score (nSPS) is 17.0. The summed E-state index contributed by atoms with van der Waals surface area (Å²) in [5.41, 5.74) is 3.24. The number of piperazine rings is 1. The zero-order valence-corrected chi connectivity index (χ0v) is 23.8. The third-order valence-electron chi connectivity index (χ3n) is 7.14. The summed E-state index contributed by atoms with van der Waals surface area (Å²) in [5, 5.41) is -0.783. The van der Waals surface area contributed by atoms with Crippen molar-refractivity contribution in [2.45, 2.75) is 25.1 Å². The van der Waals surface area contributed by atoms with Crippen molar-refractivity contribution in [2.75, 3.05) is 38.0 Å². The van der Waals surface area contributed by atoms with Crippen molar-refractivity contribution < 1.29 is 27.5 Å². The molecule has 2 heterocycles. The number of hydrogen-bond donors (Lipinski definition) is 1. The molecule has 0 radical (unpaired) electrons. The first-order chi connectivity index (χ1) is 19.7. The average Bonchev–Trinajstić information content (AvgIpc) is 2.97. The van der Waals surface area contributed by atoms with E-state index in [1.807, 2.05) is 30.4 Å². The van der Waals surface area contributed by atoms with Crippen LogP contribution in [0.4, 0.5) is 5.69 Å². The number of fused-ring (bicyclic) bond motifs is 1. The number of rotatable bonds is 8. The van der Waals surface area contributed by atoms with Gasteiger partial charge in [-0.05, 0) is 60.0 Å². The molecule has 1 saturated heterocycles. The van der Waals surface area contributed by atoms with E-state index in [9.17, 15) is 18.0 Å². The fraction of sp³-hybridized carbons (Fsp3) is 0.300. The number of amides is 1. The fourth-order valence-corrected chi connectivity index (χ4v) is 6.52. The lowest BCUT2D eigenvalue weighted by Gasteiger charge is -2.35. The van der Waals surface area contributed by atoms with Crippen molar-refractivity contribution in [3.8, 4) is 11.5 Å². The van der Waals surface area contributed by atoms with Crippen molar-refractivity contribution in [3.05, 3.63) is 89.3 Å². The molecule has 11 heteroatoms. The number of nitrogens with one attached hydrogen (secondary N) is 1. The van der Waals surface area contributed by atoms with E-state index >= 15 is 0 Å². The number of hydrogen-bond acceptors (Lipinski definition) is 8. The summed E-state index contributed by atoms with van der Waals surface area (Å²) in [6.07, 6.45) is 5.67. The van der Waals surface area contributed by atoms with Crippen LogP contribution in [-0.4, -0.2) is 68.4 Å². The van der Waals surface area contributed by atoms with E-state index in [0.29, 0.717) is 67.6 Å². The molecular formula is C30H32N4O6S. The Hall–Kier alpha value is -4.22. The van der Waals surface area contributed by atoms with E-state index in [2.05, 4.69) is 14.6 Å². The molecule has 1 aromatic heterocycles. The van der Waals surface area contributed by atoms with Crippen LogP contribution in [-0.2, 0) is 21.4 Å². The Morgan fingerprint density at radius 2 is 1.78 bits per heavy atom. The molecule has 10 nitrogen and oxygen atoms in total. The topological polar surface area (TPSA) is 118 Å². The minimum atomic E-state index is -3.74. The smallest absolute Gasteiger partial charge is 0.308 e. The molecule has 1 aliphatic carbocycles. The van der Waals surface area contributed by atoms with Crippen molar-refractivity contribution in [3.63, 3.8) is 0 Å². The number of carbonyl (C=O) groups excluding carboxylic acids is 2. The summed E-state index contributed by atoms with van der Waals surface area (Å²) in [7, 11) is -2.21. The van der Waals surface area contributed by atoms with Crippen LogP contribution in [0.5, 0.6) is 11.5 Å². The van der Waals surface area contributed by atoms with Crippen LogP contribution in [0.1, 0.15) is 45.8 Å². The standard InChI is InChI=1S/C30H32N4O6S/c1-21(35)40-26-13-8-22(19-27(26)39-2)20-33-15-17-34(18-16-33)30(36)24-9-11-25(12-10-24)32-41(37,38)28-7-3-5-23-6-4-14-31-29(23)28/h3-6,8-14,19,28,32H,7,15-18,20H2,1-2H3. The molecule has 5 rings (SSSR count). The maximum absolute atomic E-state index is 13.1. The van der Waals surface area contributed by atoms with E-state index < -0.39 is 21.2 Å². The van der Waals surface area contributed by atoms with Gasteiger partial charge in [0.1, 0.15) is 5.25 Å². The molecule has 1 unspecified atom stereocenters. The van der Waals surface area contributed by atoms with E-state index in [0.717, 1.165) is 11.1 Å². The monoisotopic (exact) mass is 576 g/mol. The zero-order chi connectivity index (χ0) is 29.0. The van der Waals surface area contributed by atoms with Crippen LogP contribution < -0.4 is 14.2 Å². The highest BCUT2D eigenvalue weighted by molar-refractivity contribution is 7.93.